The van der Waals surface area contributed by atoms with E-state index in [0.29, 0.717) is 0 Å². The van der Waals surface area contributed by atoms with Crippen LogP contribution in [0.1, 0.15) is 71.2 Å². The van der Waals surface area contributed by atoms with Crippen LogP contribution < -0.4 is 49.1 Å². The van der Waals surface area contributed by atoms with Gasteiger partial charge in [-0.05, 0) is 113 Å². The smallest absolute Gasteiger partial charge is 0.438 e. The molecular formula is C66H69F3N12O8. The molecule has 0 spiro atoms. The van der Waals surface area contributed by atoms with E-state index in [0.717, 1.165) is 66.5 Å². The predicted octanol–water partition coefficient (Wildman–Crippen LogP) is 7.50. The van der Waals surface area contributed by atoms with Crippen LogP contribution in [0, 0.1) is 20.8 Å². The first kappa shape index (κ1) is 63.4. The average molecular weight is 1220 g/mol. The van der Waals surface area contributed by atoms with Crippen LogP contribution in [0.4, 0.5) is 30.2 Å². The maximum Gasteiger partial charge on any atom is 0.490 e. The van der Waals surface area contributed by atoms with Crippen molar-refractivity contribution in [3.05, 3.63) is 196 Å². The van der Waals surface area contributed by atoms with Crippen molar-refractivity contribution in [1.29, 1.82) is 0 Å². The van der Waals surface area contributed by atoms with Crippen molar-refractivity contribution >= 4 is 91.2 Å². The van der Waals surface area contributed by atoms with E-state index in [1.54, 1.807) is 0 Å². The summed E-state index contributed by atoms with van der Waals surface area (Å²) in [6.07, 6.45) is -5.80. The molecule has 3 aromatic heterocycles. The number of aromatic amines is 3. The summed E-state index contributed by atoms with van der Waals surface area (Å²) in [6, 6.07) is 38.4. The average Bonchev–Trinajstić information content (AvgIpc) is 2.69. The Morgan fingerprint density at radius 2 is 0.674 bits per heavy atom. The van der Waals surface area contributed by atoms with E-state index in [4.69, 9.17) is 21.9 Å². The van der Waals surface area contributed by atoms with Crippen molar-refractivity contribution in [2.24, 2.45) is 17.2 Å². The zero-order chi connectivity index (χ0) is 64.2. The molecule has 9 rings (SSSR count). The van der Waals surface area contributed by atoms with Crippen molar-refractivity contribution in [2.75, 3.05) is 35.6 Å². The van der Waals surface area contributed by atoms with Crippen LogP contribution in [0.5, 0.6) is 0 Å². The summed E-state index contributed by atoms with van der Waals surface area (Å²) in [7, 11) is 0. The highest BCUT2D eigenvalue weighted by molar-refractivity contribution is 6.04. The van der Waals surface area contributed by atoms with Crippen molar-refractivity contribution in [3.63, 3.8) is 0 Å². The van der Waals surface area contributed by atoms with E-state index in [-0.39, 0.29) is 72.6 Å². The molecule has 0 radical (unpaired) electrons. The zero-order valence-electron chi connectivity index (χ0n) is 49.7. The number of rotatable bonds is 22. The molecule has 15 N–H and O–H groups in total. The second-order valence-electron chi connectivity index (χ2n) is 22.8. The van der Waals surface area contributed by atoms with Gasteiger partial charge in [0.1, 0.15) is 16.6 Å². The highest BCUT2D eigenvalue weighted by atomic mass is 19.4. The molecule has 0 saturated heterocycles. The number of esters is 1. The number of halogens is 3. The van der Waals surface area contributed by atoms with Gasteiger partial charge in [-0.25, -0.2) is 4.79 Å². The van der Waals surface area contributed by atoms with Crippen LogP contribution in [0.25, 0.3) is 32.7 Å². The molecule has 20 nitrogen and oxygen atoms in total. The number of carbonyl (C=O) groups excluding carboxylic acids is 7. The molecule has 3 heterocycles. The number of nitrogens with one attached hydrogen (secondary N) is 9. The van der Waals surface area contributed by atoms with Crippen LogP contribution in [-0.2, 0) is 63.2 Å². The lowest BCUT2D eigenvalue weighted by molar-refractivity contribution is -0.209. The van der Waals surface area contributed by atoms with Crippen LogP contribution >= 0.6 is 0 Å². The second kappa shape index (κ2) is 25.3. The number of hydrogen-bond acceptors (Lipinski definition) is 11. The third-order valence-electron chi connectivity index (χ3n) is 16.2. The number of aryl methyl sites for hydroxylation is 3. The van der Waals surface area contributed by atoms with Gasteiger partial charge < -0.3 is 68.8 Å². The van der Waals surface area contributed by atoms with E-state index >= 15 is 0 Å². The Bertz CT molecular complexity index is 3780. The van der Waals surface area contributed by atoms with E-state index in [9.17, 15) is 46.7 Å². The molecule has 0 fully saturated rings. The number of ether oxygens (including phenoxy) is 1. The first-order valence-electron chi connectivity index (χ1n) is 28.5. The Morgan fingerprint density at radius 3 is 0.921 bits per heavy atom. The number of nitrogens with two attached hydrogens (primary N) is 3. The Labute approximate surface area is 509 Å². The fraction of sp³-hybridized carbons (Fsp3) is 0.258. The number of alkyl halides is 3. The van der Waals surface area contributed by atoms with E-state index in [1.807, 2.05) is 93.6 Å². The third kappa shape index (κ3) is 13.3. The summed E-state index contributed by atoms with van der Waals surface area (Å²) in [4.78, 5) is 106. The lowest BCUT2D eigenvalue weighted by Crippen LogP contribution is -2.59. The molecule has 89 heavy (non-hydrogen) atoms. The van der Waals surface area contributed by atoms with Gasteiger partial charge in [-0.3, -0.25) is 28.8 Å². The highest BCUT2D eigenvalue weighted by Gasteiger charge is 2.50. The van der Waals surface area contributed by atoms with Crippen molar-refractivity contribution < 1.29 is 51.5 Å². The molecule has 3 atom stereocenters. The molecule has 6 aromatic carbocycles. The summed E-state index contributed by atoms with van der Waals surface area (Å²) in [5, 5.41) is 19.0. The molecule has 23 heteroatoms. The van der Waals surface area contributed by atoms with Gasteiger partial charge in [0.15, 0.2) is 5.60 Å². The minimum atomic E-state index is -5.56. The predicted molar refractivity (Wildman–Crippen MR) is 334 cm³/mol. The normalized spacial score (nSPS) is 13.8. The fourth-order valence-electron chi connectivity index (χ4n) is 10.9. The topological polar surface area (TPSA) is 326 Å². The van der Waals surface area contributed by atoms with Crippen LogP contribution in [0.2, 0.25) is 0 Å². The summed E-state index contributed by atoms with van der Waals surface area (Å²) in [5.74, 6) is -6.28. The molecule has 0 aliphatic carbocycles. The Hall–Kier alpha value is -10.1. The number of anilines is 3. The van der Waals surface area contributed by atoms with Gasteiger partial charge in [-0.1, -0.05) is 91.0 Å². The van der Waals surface area contributed by atoms with Gasteiger partial charge in [-0.15, -0.1) is 0 Å². The van der Waals surface area contributed by atoms with Crippen LogP contribution in [0.3, 0.4) is 0 Å². The number of benzene rings is 6. The number of hydrogen-bond donors (Lipinski definition) is 12. The van der Waals surface area contributed by atoms with Gasteiger partial charge in [0.25, 0.3) is 17.7 Å². The third-order valence-corrected chi connectivity index (χ3v) is 16.2. The number of amides is 6. The Balaban J connectivity index is 1.01. The largest absolute Gasteiger partial charge is 0.490 e. The van der Waals surface area contributed by atoms with E-state index < -0.39 is 69.8 Å². The standard InChI is InChI=1S/C66H69F3N12O8/c1-37-49(46-13-7-10-16-52(46)73-37)31-55(82)79-62(4,34-70)58(85)76-43-25-19-40(20-26-43)65(89-61(88)66(67,68)69,41-21-27-44(28-22-41)77-59(86)63(5,35-71)80-56(83)32-50-38(2)74-53-17-11-8-14-47(50)53)42-23-29-45(30-24-42)78-60(87)64(6,36-72)81-57(84)33-51-39(3)75-54-18-12-9-15-48(51)54/h7-30,73-75H,31-36,70-72H2,1-6H3,(H,76,85)(H,77,86)(H,78,87)(H,79,82)(H,80,83)(H,81,84)/t62-,63-,64-/m1/s1. The molecule has 0 bridgehead atoms. The number of fused-ring (bicyclic) bond motifs is 3. The molecular weight excluding hydrogens is 1150 g/mol. The van der Waals surface area contributed by atoms with Crippen LogP contribution in [0.15, 0.2) is 146 Å². The van der Waals surface area contributed by atoms with Gasteiger partial charge >= 0.3 is 12.1 Å². The van der Waals surface area contributed by atoms with Gasteiger partial charge in [-0.2, -0.15) is 13.2 Å². The second-order valence-corrected chi connectivity index (χ2v) is 22.8. The number of para-hydroxylation sites is 3. The maximum absolute atomic E-state index is 14.7. The van der Waals surface area contributed by atoms with Gasteiger partial charge in [0.05, 0.1) is 19.3 Å². The zero-order valence-corrected chi connectivity index (χ0v) is 49.7. The summed E-state index contributed by atoms with van der Waals surface area (Å²) >= 11 is 0. The van der Waals surface area contributed by atoms with Gasteiger partial charge in [0, 0.05) is 103 Å². The molecule has 462 valence electrons. The van der Waals surface area contributed by atoms with Crippen molar-refractivity contribution in [3.8, 4) is 0 Å². The van der Waals surface area contributed by atoms with Gasteiger partial charge in [0.2, 0.25) is 17.7 Å². The lowest BCUT2D eigenvalue weighted by atomic mass is 9.79. The number of carbonyl (C=O) groups is 7. The monoisotopic (exact) mass is 1210 g/mol. The Kier molecular flexibility index (Phi) is 18.0. The quantitative estimate of drug-likeness (QED) is 0.0233. The SMILES string of the molecule is Cc1[nH]c2ccccc2c1CC(=O)N[C@](C)(CN)C(=O)Nc1ccc(C(OC(=O)C(F)(F)F)(c2ccc(NC(=O)[C@@](C)(CN)NC(=O)Cc3c(C)[nH]c4ccccc34)cc2)c2ccc(NC(=O)[C@@](C)(CN)NC(=O)Cc3c(C)[nH]c4ccccc34)cc2)cc1. The van der Waals surface area contributed by atoms with Crippen LogP contribution in [-0.4, -0.2) is 98.8 Å². The first-order chi connectivity index (χ1) is 42.2. The molecule has 0 unspecified atom stereocenters. The molecule has 0 aliphatic rings. The van der Waals surface area contributed by atoms with Crippen molar-refractivity contribution in [2.45, 2.75) is 89.2 Å². The number of aromatic nitrogens is 3. The summed E-state index contributed by atoms with van der Waals surface area (Å²) < 4.78 is 49.8. The molecule has 0 saturated carbocycles. The van der Waals surface area contributed by atoms with E-state index in [1.165, 1.54) is 93.6 Å². The summed E-state index contributed by atoms with van der Waals surface area (Å²) in [5.41, 5.74) is 18.0. The fourth-order valence-corrected chi connectivity index (χ4v) is 10.9. The molecule has 6 amide bonds. The summed E-state index contributed by atoms with van der Waals surface area (Å²) in [6.45, 7) is 8.81. The lowest BCUT2D eigenvalue weighted by Gasteiger charge is -2.36. The number of H-pyrrole nitrogens is 3. The molecule has 9 aromatic rings. The first-order valence-corrected chi connectivity index (χ1v) is 28.5. The molecule has 0 aliphatic heterocycles. The Morgan fingerprint density at radius 1 is 0.416 bits per heavy atom. The maximum atomic E-state index is 14.7. The van der Waals surface area contributed by atoms with Crippen molar-refractivity contribution in [1.82, 2.24) is 30.9 Å². The minimum absolute atomic E-state index is 0.0802. The highest BCUT2D eigenvalue weighted by Crippen LogP contribution is 2.44. The van der Waals surface area contributed by atoms with E-state index in [2.05, 4.69) is 46.9 Å². The minimum Gasteiger partial charge on any atom is -0.438 e.